The predicted octanol–water partition coefficient (Wildman–Crippen LogP) is 1.25. The van der Waals surface area contributed by atoms with E-state index in [2.05, 4.69) is 10.3 Å². The van der Waals surface area contributed by atoms with Crippen molar-refractivity contribution in [2.75, 3.05) is 13.2 Å². The molecular formula is C16H19N3O4. The normalized spacial score (nSPS) is 19.4. The first-order chi connectivity index (χ1) is 11.0. The average molecular weight is 317 g/mol. The molecule has 2 N–H and O–H groups in total. The standard InChI is InChI=1S/C16H19N3O4/c1-10-4-5-19-8-12(17-13(19)7-10)15(20)18-14(16(21)22)11-3-2-6-23-9-11/h4-5,7-8,11,14H,2-3,6,9H2,1H3,(H,18,20)(H,21,22)/t11-,14-/m0/s1. The van der Waals surface area contributed by atoms with E-state index in [0.717, 1.165) is 18.4 Å². The number of fused-ring (bicyclic) bond motifs is 1. The molecule has 0 aliphatic carbocycles. The van der Waals surface area contributed by atoms with Crippen molar-refractivity contribution in [1.82, 2.24) is 14.7 Å². The zero-order valence-corrected chi connectivity index (χ0v) is 12.9. The van der Waals surface area contributed by atoms with Crippen LogP contribution in [0.4, 0.5) is 0 Å². The smallest absolute Gasteiger partial charge is 0.326 e. The van der Waals surface area contributed by atoms with Crippen LogP contribution in [0.1, 0.15) is 28.9 Å². The highest BCUT2D eigenvalue weighted by molar-refractivity contribution is 5.95. The molecule has 1 aliphatic heterocycles. The van der Waals surface area contributed by atoms with Crippen molar-refractivity contribution < 1.29 is 19.4 Å². The summed E-state index contributed by atoms with van der Waals surface area (Å²) in [5.74, 6) is -1.75. The molecule has 1 amide bonds. The Kier molecular flexibility index (Phi) is 4.29. The number of carbonyl (C=O) groups excluding carboxylic acids is 1. The Morgan fingerprint density at radius 1 is 1.52 bits per heavy atom. The lowest BCUT2D eigenvalue weighted by atomic mass is 9.93. The SMILES string of the molecule is Cc1ccn2cc(C(=O)N[C@H](C(=O)O)[C@H]3CCCOC3)nc2c1. The molecule has 0 unspecified atom stereocenters. The van der Waals surface area contributed by atoms with Crippen molar-refractivity contribution in [3.05, 3.63) is 35.8 Å². The second-order valence-corrected chi connectivity index (χ2v) is 5.86. The van der Waals surface area contributed by atoms with Gasteiger partial charge in [-0.15, -0.1) is 0 Å². The Morgan fingerprint density at radius 3 is 3.04 bits per heavy atom. The van der Waals surface area contributed by atoms with Gasteiger partial charge in [0.05, 0.1) is 6.61 Å². The number of aryl methyl sites for hydroxylation is 1. The Hall–Kier alpha value is -2.41. The van der Waals surface area contributed by atoms with Gasteiger partial charge >= 0.3 is 5.97 Å². The van der Waals surface area contributed by atoms with Crippen LogP contribution in [0, 0.1) is 12.8 Å². The van der Waals surface area contributed by atoms with Crippen LogP contribution in [0.25, 0.3) is 5.65 Å². The summed E-state index contributed by atoms with van der Waals surface area (Å²) in [6.07, 6.45) is 4.94. The number of aliphatic carboxylic acids is 1. The zero-order valence-electron chi connectivity index (χ0n) is 12.9. The number of carboxylic acids is 1. The summed E-state index contributed by atoms with van der Waals surface area (Å²) in [6.45, 7) is 2.93. The predicted molar refractivity (Wildman–Crippen MR) is 82.4 cm³/mol. The number of pyridine rings is 1. The first-order valence-corrected chi connectivity index (χ1v) is 7.61. The first-order valence-electron chi connectivity index (χ1n) is 7.61. The molecule has 2 atom stereocenters. The van der Waals surface area contributed by atoms with Crippen LogP contribution in [0.3, 0.4) is 0 Å². The minimum absolute atomic E-state index is 0.207. The van der Waals surface area contributed by atoms with E-state index in [0.29, 0.717) is 18.9 Å². The molecule has 0 spiro atoms. The van der Waals surface area contributed by atoms with Crippen LogP contribution in [-0.4, -0.2) is 45.6 Å². The van der Waals surface area contributed by atoms with Gasteiger partial charge in [-0.3, -0.25) is 4.79 Å². The maximum atomic E-state index is 12.4. The molecule has 7 heteroatoms. The van der Waals surface area contributed by atoms with Gasteiger partial charge < -0.3 is 19.6 Å². The minimum atomic E-state index is -1.05. The fraction of sp³-hybridized carbons (Fsp3) is 0.438. The van der Waals surface area contributed by atoms with Gasteiger partial charge in [0.1, 0.15) is 17.4 Å². The number of ether oxygens (including phenoxy) is 1. The second-order valence-electron chi connectivity index (χ2n) is 5.86. The summed E-state index contributed by atoms with van der Waals surface area (Å²) in [5, 5.41) is 12.0. The third-order valence-corrected chi connectivity index (χ3v) is 4.07. The maximum Gasteiger partial charge on any atom is 0.326 e. The molecule has 0 aromatic carbocycles. The molecule has 1 aliphatic rings. The summed E-state index contributed by atoms with van der Waals surface area (Å²) >= 11 is 0. The fourth-order valence-corrected chi connectivity index (χ4v) is 2.82. The van der Waals surface area contributed by atoms with Crippen molar-refractivity contribution in [3.8, 4) is 0 Å². The van der Waals surface area contributed by atoms with Crippen molar-refractivity contribution in [2.24, 2.45) is 5.92 Å². The Morgan fingerprint density at radius 2 is 2.35 bits per heavy atom. The lowest BCUT2D eigenvalue weighted by Gasteiger charge is -2.27. The summed E-state index contributed by atoms with van der Waals surface area (Å²) in [6, 6.07) is 2.81. The van der Waals surface area contributed by atoms with Crippen molar-refractivity contribution >= 4 is 17.5 Å². The number of hydrogen-bond acceptors (Lipinski definition) is 4. The van der Waals surface area contributed by atoms with Crippen molar-refractivity contribution in [1.29, 1.82) is 0 Å². The van der Waals surface area contributed by atoms with Crippen molar-refractivity contribution in [3.63, 3.8) is 0 Å². The number of nitrogens with zero attached hydrogens (tertiary/aromatic N) is 2. The van der Waals surface area contributed by atoms with Crippen LogP contribution < -0.4 is 5.32 Å². The second kappa shape index (κ2) is 6.37. The highest BCUT2D eigenvalue weighted by Crippen LogP contribution is 2.18. The molecule has 23 heavy (non-hydrogen) atoms. The molecule has 3 heterocycles. The molecule has 0 radical (unpaired) electrons. The summed E-state index contributed by atoms with van der Waals surface area (Å²) < 4.78 is 7.06. The van der Waals surface area contributed by atoms with Crippen LogP contribution in [-0.2, 0) is 9.53 Å². The van der Waals surface area contributed by atoms with E-state index in [1.807, 2.05) is 25.3 Å². The van der Waals surface area contributed by atoms with Gasteiger partial charge in [0.25, 0.3) is 5.91 Å². The highest BCUT2D eigenvalue weighted by Gasteiger charge is 2.32. The van der Waals surface area contributed by atoms with Crippen LogP contribution in [0.15, 0.2) is 24.5 Å². The van der Waals surface area contributed by atoms with Gasteiger partial charge in [-0.1, -0.05) is 0 Å². The van der Waals surface area contributed by atoms with E-state index in [1.54, 1.807) is 10.6 Å². The molecule has 0 bridgehead atoms. The van der Waals surface area contributed by atoms with Crippen molar-refractivity contribution in [2.45, 2.75) is 25.8 Å². The summed E-state index contributed by atoms with van der Waals surface area (Å²) in [7, 11) is 0. The number of amides is 1. The molecule has 122 valence electrons. The van der Waals surface area contributed by atoms with E-state index in [1.165, 1.54) is 0 Å². The number of carboxylic acid groups (broad SMARTS) is 1. The molecule has 2 aromatic rings. The van der Waals surface area contributed by atoms with E-state index in [4.69, 9.17) is 4.74 Å². The van der Waals surface area contributed by atoms with E-state index in [-0.39, 0.29) is 11.6 Å². The molecule has 1 saturated heterocycles. The number of nitrogens with one attached hydrogen (secondary N) is 1. The number of hydrogen-bond donors (Lipinski definition) is 2. The Labute approximate surface area is 133 Å². The summed E-state index contributed by atoms with van der Waals surface area (Å²) in [5.41, 5.74) is 1.90. The van der Waals surface area contributed by atoms with E-state index >= 15 is 0 Å². The number of imidazole rings is 1. The van der Waals surface area contributed by atoms with Crippen LogP contribution in [0.5, 0.6) is 0 Å². The zero-order chi connectivity index (χ0) is 16.4. The van der Waals surface area contributed by atoms with Crippen LogP contribution in [0.2, 0.25) is 0 Å². The van der Waals surface area contributed by atoms with E-state index < -0.39 is 17.9 Å². The number of carbonyl (C=O) groups is 2. The van der Waals surface area contributed by atoms with E-state index in [9.17, 15) is 14.7 Å². The average Bonchev–Trinajstić information content (AvgIpc) is 2.96. The van der Waals surface area contributed by atoms with Gasteiger partial charge in [0.15, 0.2) is 0 Å². The quantitative estimate of drug-likeness (QED) is 0.885. The molecule has 7 nitrogen and oxygen atoms in total. The molecule has 1 fully saturated rings. The van der Waals surface area contributed by atoms with Crippen LogP contribution >= 0.6 is 0 Å². The molecule has 3 rings (SSSR count). The molecule has 0 saturated carbocycles. The topological polar surface area (TPSA) is 92.9 Å². The highest BCUT2D eigenvalue weighted by atomic mass is 16.5. The third kappa shape index (κ3) is 3.34. The largest absolute Gasteiger partial charge is 0.480 e. The van der Waals surface area contributed by atoms with Gasteiger partial charge in [0, 0.05) is 24.9 Å². The Balaban J connectivity index is 1.78. The number of aromatic nitrogens is 2. The Bertz CT molecular complexity index is 734. The fourth-order valence-electron chi connectivity index (χ4n) is 2.82. The van der Waals surface area contributed by atoms with Gasteiger partial charge in [0.2, 0.25) is 0 Å². The molecule has 2 aromatic heterocycles. The summed E-state index contributed by atoms with van der Waals surface area (Å²) in [4.78, 5) is 28.1. The van der Waals surface area contributed by atoms with Gasteiger partial charge in [-0.25, -0.2) is 9.78 Å². The lowest BCUT2D eigenvalue weighted by Crippen LogP contribution is -2.48. The lowest BCUT2D eigenvalue weighted by molar-refractivity contribution is -0.142. The van der Waals surface area contributed by atoms with Gasteiger partial charge in [-0.05, 0) is 37.5 Å². The monoisotopic (exact) mass is 317 g/mol. The minimum Gasteiger partial charge on any atom is -0.480 e. The first kappa shape index (κ1) is 15.5. The maximum absolute atomic E-state index is 12.4. The number of rotatable bonds is 4. The third-order valence-electron chi connectivity index (χ3n) is 4.07. The molecular weight excluding hydrogens is 298 g/mol. The van der Waals surface area contributed by atoms with Gasteiger partial charge in [-0.2, -0.15) is 0 Å².